The summed E-state index contributed by atoms with van der Waals surface area (Å²) in [7, 11) is 0. The van der Waals surface area contributed by atoms with Gasteiger partial charge in [0, 0.05) is 26.6 Å². The second-order valence-electron chi connectivity index (χ2n) is 4.37. The average Bonchev–Trinajstić information content (AvgIpc) is 2.35. The van der Waals surface area contributed by atoms with Gasteiger partial charge in [0.05, 0.1) is 0 Å². The van der Waals surface area contributed by atoms with Crippen LogP contribution < -0.4 is 5.32 Å². The van der Waals surface area contributed by atoms with Crippen molar-refractivity contribution in [3.05, 3.63) is 36.1 Å². The van der Waals surface area contributed by atoms with Crippen LogP contribution in [-0.2, 0) is 4.74 Å². The SMILES string of the molecule is C\C1=C/C=C\C=C\NCC12CCOCC2.[HH]. The van der Waals surface area contributed by atoms with Gasteiger partial charge in [-0.3, -0.25) is 0 Å². The lowest BCUT2D eigenvalue weighted by Crippen LogP contribution is -2.38. The molecule has 0 aliphatic carbocycles. The molecular formula is C13H21NO. The van der Waals surface area contributed by atoms with Crippen LogP contribution in [0.2, 0.25) is 0 Å². The Bertz CT molecular complexity index is 301. The van der Waals surface area contributed by atoms with Crippen LogP contribution >= 0.6 is 0 Å². The number of rotatable bonds is 0. The molecule has 2 heteroatoms. The Hall–Kier alpha value is -1.02. The van der Waals surface area contributed by atoms with Crippen LogP contribution in [0.1, 0.15) is 21.2 Å². The molecule has 0 amide bonds. The predicted octanol–water partition coefficient (Wildman–Crippen LogP) is 2.65. The summed E-state index contributed by atoms with van der Waals surface area (Å²) in [5.74, 6) is 0. The Morgan fingerprint density at radius 1 is 1.27 bits per heavy atom. The predicted molar refractivity (Wildman–Crippen MR) is 64.6 cm³/mol. The van der Waals surface area contributed by atoms with Crippen LogP contribution in [0.15, 0.2) is 36.1 Å². The molecule has 2 aliphatic heterocycles. The Kier molecular flexibility index (Phi) is 3.27. The lowest BCUT2D eigenvalue weighted by Gasteiger charge is -2.38. The van der Waals surface area contributed by atoms with Crippen molar-refractivity contribution in [1.82, 2.24) is 5.32 Å². The smallest absolute Gasteiger partial charge is 0.0475 e. The fraction of sp³-hybridized carbons (Fsp3) is 0.538. The summed E-state index contributed by atoms with van der Waals surface area (Å²) in [4.78, 5) is 0. The van der Waals surface area contributed by atoms with Crippen molar-refractivity contribution >= 4 is 0 Å². The average molecular weight is 207 g/mol. The highest BCUT2D eigenvalue weighted by Crippen LogP contribution is 2.37. The highest BCUT2D eigenvalue weighted by molar-refractivity contribution is 5.23. The highest BCUT2D eigenvalue weighted by Gasteiger charge is 2.33. The quantitative estimate of drug-likeness (QED) is 0.659. The lowest BCUT2D eigenvalue weighted by molar-refractivity contribution is 0.0336. The van der Waals surface area contributed by atoms with E-state index in [4.69, 9.17) is 4.74 Å². The second-order valence-corrected chi connectivity index (χ2v) is 4.37. The van der Waals surface area contributed by atoms with E-state index in [2.05, 4.69) is 30.5 Å². The third-order valence-electron chi connectivity index (χ3n) is 3.51. The third kappa shape index (κ3) is 2.32. The van der Waals surface area contributed by atoms with Crippen molar-refractivity contribution in [1.29, 1.82) is 0 Å². The van der Waals surface area contributed by atoms with Gasteiger partial charge < -0.3 is 10.1 Å². The van der Waals surface area contributed by atoms with Gasteiger partial charge in [0.25, 0.3) is 0 Å². The molecule has 0 aromatic carbocycles. The van der Waals surface area contributed by atoms with E-state index in [1.165, 1.54) is 5.57 Å². The van der Waals surface area contributed by atoms with E-state index >= 15 is 0 Å². The number of ether oxygens (including phenoxy) is 1. The Morgan fingerprint density at radius 3 is 2.87 bits per heavy atom. The first-order valence-corrected chi connectivity index (χ1v) is 5.65. The largest absolute Gasteiger partial charge is 0.390 e. The first-order valence-electron chi connectivity index (χ1n) is 5.65. The molecule has 1 N–H and O–H groups in total. The molecule has 0 atom stereocenters. The topological polar surface area (TPSA) is 21.3 Å². The molecule has 1 saturated heterocycles. The van der Waals surface area contributed by atoms with Crippen molar-refractivity contribution in [2.24, 2.45) is 5.41 Å². The molecule has 0 bridgehead atoms. The van der Waals surface area contributed by atoms with Crippen LogP contribution in [0.25, 0.3) is 0 Å². The molecule has 1 fully saturated rings. The maximum Gasteiger partial charge on any atom is 0.0475 e. The van der Waals surface area contributed by atoms with E-state index in [0.717, 1.165) is 32.6 Å². The first kappa shape index (κ1) is 10.5. The van der Waals surface area contributed by atoms with E-state index in [0.29, 0.717) is 5.41 Å². The fourth-order valence-electron chi connectivity index (χ4n) is 2.29. The van der Waals surface area contributed by atoms with E-state index in [1.807, 2.05) is 12.3 Å². The number of allylic oxidation sites excluding steroid dienone is 4. The molecule has 15 heavy (non-hydrogen) atoms. The molecule has 2 nitrogen and oxygen atoms in total. The first-order chi connectivity index (χ1) is 7.33. The summed E-state index contributed by atoms with van der Waals surface area (Å²) in [5, 5.41) is 3.39. The standard InChI is InChI=1S/C13H19NO.H2/c1-12-5-3-2-4-8-14-11-13(12)6-9-15-10-7-13;/h2-5,8,14H,6-7,9-11H2,1H3;1H/b3-2-,8-4+,12-5+;. The van der Waals surface area contributed by atoms with Crippen molar-refractivity contribution in [3.63, 3.8) is 0 Å². The summed E-state index contributed by atoms with van der Waals surface area (Å²) >= 11 is 0. The van der Waals surface area contributed by atoms with Gasteiger partial charge in [0.15, 0.2) is 0 Å². The van der Waals surface area contributed by atoms with Gasteiger partial charge in [-0.05, 0) is 32.0 Å². The summed E-state index contributed by atoms with van der Waals surface area (Å²) in [5.41, 5.74) is 1.77. The Balaban J connectivity index is 0.00000128. The molecule has 2 aliphatic rings. The number of nitrogens with one attached hydrogen (secondary N) is 1. The van der Waals surface area contributed by atoms with Gasteiger partial charge in [0.2, 0.25) is 0 Å². The van der Waals surface area contributed by atoms with Crippen LogP contribution in [0, 0.1) is 5.41 Å². The van der Waals surface area contributed by atoms with Gasteiger partial charge in [-0.1, -0.05) is 23.8 Å². The minimum absolute atomic E-state index is 0. The Morgan fingerprint density at radius 2 is 2.07 bits per heavy atom. The van der Waals surface area contributed by atoms with E-state index in [9.17, 15) is 0 Å². The van der Waals surface area contributed by atoms with Crippen LogP contribution in [0.4, 0.5) is 0 Å². The monoisotopic (exact) mass is 207 g/mol. The second kappa shape index (κ2) is 4.67. The minimum atomic E-state index is 0. The highest BCUT2D eigenvalue weighted by atomic mass is 16.5. The lowest BCUT2D eigenvalue weighted by atomic mass is 9.74. The summed E-state index contributed by atoms with van der Waals surface area (Å²) in [6.07, 6.45) is 12.8. The molecule has 1 spiro atoms. The van der Waals surface area contributed by atoms with Crippen LogP contribution in [-0.4, -0.2) is 19.8 Å². The van der Waals surface area contributed by atoms with Crippen molar-refractivity contribution in [3.8, 4) is 0 Å². The van der Waals surface area contributed by atoms with Gasteiger partial charge in [-0.2, -0.15) is 0 Å². The van der Waals surface area contributed by atoms with E-state index in [-0.39, 0.29) is 1.43 Å². The maximum absolute atomic E-state index is 5.46. The van der Waals surface area contributed by atoms with E-state index < -0.39 is 0 Å². The molecular weight excluding hydrogens is 186 g/mol. The molecule has 0 aromatic heterocycles. The van der Waals surface area contributed by atoms with Crippen molar-refractivity contribution in [2.75, 3.05) is 19.8 Å². The zero-order valence-electron chi connectivity index (χ0n) is 9.33. The zero-order valence-corrected chi connectivity index (χ0v) is 9.33. The molecule has 0 saturated carbocycles. The maximum atomic E-state index is 5.46. The molecule has 0 radical (unpaired) electrons. The zero-order chi connectivity index (χ0) is 10.6. The molecule has 2 rings (SSSR count). The third-order valence-corrected chi connectivity index (χ3v) is 3.51. The fourth-order valence-corrected chi connectivity index (χ4v) is 2.29. The molecule has 0 unspecified atom stereocenters. The van der Waals surface area contributed by atoms with Crippen LogP contribution in [0.3, 0.4) is 0 Å². The summed E-state index contributed by atoms with van der Waals surface area (Å²) in [6.45, 7) is 5.04. The van der Waals surface area contributed by atoms with Crippen molar-refractivity contribution in [2.45, 2.75) is 19.8 Å². The van der Waals surface area contributed by atoms with Gasteiger partial charge >= 0.3 is 0 Å². The van der Waals surface area contributed by atoms with Crippen molar-refractivity contribution < 1.29 is 6.16 Å². The Labute approximate surface area is 93.2 Å². The summed E-state index contributed by atoms with van der Waals surface area (Å²) < 4.78 is 5.46. The van der Waals surface area contributed by atoms with Gasteiger partial charge in [-0.15, -0.1) is 0 Å². The minimum Gasteiger partial charge on any atom is -0.390 e. The van der Waals surface area contributed by atoms with E-state index in [1.54, 1.807) is 0 Å². The summed E-state index contributed by atoms with van der Waals surface area (Å²) in [6, 6.07) is 0. The normalized spacial score (nSPS) is 32.7. The number of hydrogen-bond acceptors (Lipinski definition) is 2. The molecule has 84 valence electrons. The van der Waals surface area contributed by atoms with Gasteiger partial charge in [-0.25, -0.2) is 0 Å². The molecule has 2 heterocycles. The number of hydrogen-bond donors (Lipinski definition) is 1. The van der Waals surface area contributed by atoms with Crippen LogP contribution in [0.5, 0.6) is 0 Å². The molecule has 0 aromatic rings. The van der Waals surface area contributed by atoms with Gasteiger partial charge in [0.1, 0.15) is 0 Å².